The van der Waals surface area contributed by atoms with Crippen LogP contribution in [0.5, 0.6) is 0 Å². The molecule has 0 aliphatic carbocycles. The molecule has 1 aromatic carbocycles. The fourth-order valence-corrected chi connectivity index (χ4v) is 2.65. The summed E-state index contributed by atoms with van der Waals surface area (Å²) >= 11 is 5.85. The van der Waals surface area contributed by atoms with Crippen molar-refractivity contribution >= 4 is 28.9 Å². The molecule has 2 rings (SSSR count). The number of carbonyl (C=O) groups is 1. The van der Waals surface area contributed by atoms with Crippen LogP contribution in [0.4, 0.5) is 11.4 Å². The largest absolute Gasteiger partial charge is 0.397 e. The number of anilines is 2. The Bertz CT molecular complexity index is 484. The quantitative estimate of drug-likeness (QED) is 0.843. The molecule has 0 bridgehead atoms. The molecule has 0 aromatic heterocycles. The first-order chi connectivity index (χ1) is 9.47. The van der Waals surface area contributed by atoms with Gasteiger partial charge < -0.3 is 11.1 Å². The third-order valence-electron chi connectivity index (χ3n) is 4.02. The maximum atomic E-state index is 12.3. The summed E-state index contributed by atoms with van der Waals surface area (Å²) in [5.41, 5.74) is 6.97. The van der Waals surface area contributed by atoms with Crippen LogP contribution in [-0.2, 0) is 4.79 Å². The minimum atomic E-state index is -0.141. The highest BCUT2D eigenvalue weighted by molar-refractivity contribution is 6.31. The first-order valence-electron chi connectivity index (χ1n) is 7.07. The van der Waals surface area contributed by atoms with E-state index in [0.717, 1.165) is 31.8 Å². The highest BCUT2D eigenvalue weighted by Gasteiger charge is 2.25. The van der Waals surface area contributed by atoms with Crippen LogP contribution >= 0.6 is 11.6 Å². The lowest BCUT2D eigenvalue weighted by Crippen LogP contribution is -2.45. The van der Waals surface area contributed by atoms with Crippen LogP contribution in [0.2, 0.25) is 5.02 Å². The Morgan fingerprint density at radius 3 is 2.70 bits per heavy atom. The number of benzene rings is 1. The Kier molecular flexibility index (Phi) is 4.89. The van der Waals surface area contributed by atoms with Gasteiger partial charge in [-0.05, 0) is 57.0 Å². The zero-order chi connectivity index (χ0) is 14.7. The molecule has 20 heavy (non-hydrogen) atoms. The zero-order valence-electron chi connectivity index (χ0n) is 12.0. The van der Waals surface area contributed by atoms with Crippen LogP contribution in [0.15, 0.2) is 18.2 Å². The van der Waals surface area contributed by atoms with Crippen molar-refractivity contribution < 1.29 is 4.79 Å². The first-order valence-corrected chi connectivity index (χ1v) is 7.45. The third kappa shape index (κ3) is 3.64. The third-order valence-corrected chi connectivity index (χ3v) is 4.25. The number of nitrogen functional groups attached to an aromatic ring is 1. The monoisotopic (exact) mass is 295 g/mol. The molecule has 1 aliphatic rings. The van der Waals surface area contributed by atoms with Crippen LogP contribution < -0.4 is 11.1 Å². The molecule has 1 saturated heterocycles. The van der Waals surface area contributed by atoms with Gasteiger partial charge in [-0.3, -0.25) is 9.69 Å². The number of likely N-dealkylation sites (tertiary alicyclic amines) is 1. The van der Waals surface area contributed by atoms with Crippen LogP contribution in [0.3, 0.4) is 0 Å². The van der Waals surface area contributed by atoms with Crippen molar-refractivity contribution in [2.24, 2.45) is 5.92 Å². The van der Waals surface area contributed by atoms with E-state index in [1.165, 1.54) is 0 Å². The second-order valence-electron chi connectivity index (χ2n) is 5.62. The Morgan fingerprint density at radius 2 is 2.10 bits per heavy atom. The molecule has 4 nitrogen and oxygen atoms in total. The number of hydrogen-bond donors (Lipinski definition) is 2. The van der Waals surface area contributed by atoms with Crippen LogP contribution in [0.1, 0.15) is 26.7 Å². The minimum absolute atomic E-state index is 0.0198. The van der Waals surface area contributed by atoms with Gasteiger partial charge in [0.2, 0.25) is 5.91 Å². The highest BCUT2D eigenvalue weighted by atomic mass is 35.5. The van der Waals surface area contributed by atoms with Crippen molar-refractivity contribution in [1.29, 1.82) is 0 Å². The van der Waals surface area contributed by atoms with Crippen LogP contribution in [0, 0.1) is 5.92 Å². The molecule has 5 heteroatoms. The van der Waals surface area contributed by atoms with Gasteiger partial charge in [0, 0.05) is 5.02 Å². The second kappa shape index (κ2) is 6.46. The van der Waals surface area contributed by atoms with Crippen molar-refractivity contribution in [2.45, 2.75) is 32.7 Å². The van der Waals surface area contributed by atoms with Gasteiger partial charge in [-0.15, -0.1) is 0 Å². The zero-order valence-corrected chi connectivity index (χ0v) is 12.8. The van der Waals surface area contributed by atoms with E-state index in [-0.39, 0.29) is 11.9 Å². The molecule has 0 spiro atoms. The summed E-state index contributed by atoms with van der Waals surface area (Å²) in [6, 6.07) is 4.96. The predicted octanol–water partition coefficient (Wildman–Crippen LogP) is 2.98. The molecular weight excluding hydrogens is 274 g/mol. The smallest absolute Gasteiger partial charge is 0.241 e. The van der Waals surface area contributed by atoms with E-state index in [4.69, 9.17) is 17.3 Å². The van der Waals surface area contributed by atoms with E-state index < -0.39 is 0 Å². The molecule has 1 aliphatic heterocycles. The number of rotatable bonds is 3. The van der Waals surface area contributed by atoms with Gasteiger partial charge in [0.15, 0.2) is 0 Å². The van der Waals surface area contributed by atoms with Crippen molar-refractivity contribution in [2.75, 3.05) is 24.1 Å². The normalized spacial score (nSPS) is 18.8. The Labute approximate surface area is 125 Å². The van der Waals surface area contributed by atoms with Gasteiger partial charge in [-0.1, -0.05) is 18.5 Å². The molecule has 1 unspecified atom stereocenters. The molecule has 1 amide bonds. The number of carbonyl (C=O) groups excluding carboxylic acids is 1. The van der Waals surface area contributed by atoms with Gasteiger partial charge in [-0.2, -0.15) is 0 Å². The molecule has 0 saturated carbocycles. The SMILES string of the molecule is CC1CCN(C(C)C(=O)Nc2ccc(Cl)cc2N)CC1. The maximum Gasteiger partial charge on any atom is 0.241 e. The van der Waals surface area contributed by atoms with E-state index in [9.17, 15) is 4.79 Å². The van der Waals surface area contributed by atoms with E-state index in [2.05, 4.69) is 17.1 Å². The van der Waals surface area contributed by atoms with Gasteiger partial charge in [0.25, 0.3) is 0 Å². The number of amides is 1. The number of nitrogens with zero attached hydrogens (tertiary/aromatic N) is 1. The molecule has 110 valence electrons. The Morgan fingerprint density at radius 1 is 1.45 bits per heavy atom. The average Bonchev–Trinajstić information content (AvgIpc) is 2.42. The van der Waals surface area contributed by atoms with Crippen molar-refractivity contribution in [1.82, 2.24) is 4.90 Å². The molecular formula is C15H22ClN3O. The molecule has 1 aromatic rings. The van der Waals surface area contributed by atoms with Gasteiger partial charge in [0.1, 0.15) is 0 Å². The van der Waals surface area contributed by atoms with Crippen molar-refractivity contribution in [3.8, 4) is 0 Å². The number of nitrogens with two attached hydrogens (primary N) is 1. The lowest BCUT2D eigenvalue weighted by molar-refractivity contribution is -0.121. The standard InChI is InChI=1S/C15H22ClN3O/c1-10-5-7-19(8-6-10)11(2)15(20)18-14-4-3-12(16)9-13(14)17/h3-4,9-11H,5-8,17H2,1-2H3,(H,18,20). The van der Waals surface area contributed by atoms with E-state index >= 15 is 0 Å². The second-order valence-corrected chi connectivity index (χ2v) is 6.05. The van der Waals surface area contributed by atoms with Crippen molar-refractivity contribution in [3.63, 3.8) is 0 Å². The molecule has 0 radical (unpaired) electrons. The number of nitrogens with one attached hydrogen (secondary N) is 1. The highest BCUT2D eigenvalue weighted by Crippen LogP contribution is 2.24. The van der Waals surface area contributed by atoms with Crippen LogP contribution in [0.25, 0.3) is 0 Å². The molecule has 3 N–H and O–H groups in total. The topological polar surface area (TPSA) is 58.4 Å². The lowest BCUT2D eigenvalue weighted by Gasteiger charge is -2.34. The first kappa shape index (κ1) is 15.1. The van der Waals surface area contributed by atoms with Gasteiger partial charge in [-0.25, -0.2) is 0 Å². The summed E-state index contributed by atoms with van der Waals surface area (Å²) in [6.07, 6.45) is 2.31. The fraction of sp³-hybridized carbons (Fsp3) is 0.533. The number of piperidine rings is 1. The Hall–Kier alpha value is -1.26. The summed E-state index contributed by atoms with van der Waals surface area (Å²) in [6.45, 7) is 6.16. The van der Waals surface area contributed by atoms with E-state index in [0.29, 0.717) is 16.4 Å². The average molecular weight is 296 g/mol. The number of hydrogen-bond acceptors (Lipinski definition) is 3. The van der Waals surface area contributed by atoms with Gasteiger partial charge in [0.05, 0.1) is 17.4 Å². The summed E-state index contributed by atoms with van der Waals surface area (Å²) < 4.78 is 0. The molecule has 1 heterocycles. The van der Waals surface area contributed by atoms with Crippen molar-refractivity contribution in [3.05, 3.63) is 23.2 Å². The van der Waals surface area contributed by atoms with E-state index in [1.54, 1.807) is 18.2 Å². The Balaban J connectivity index is 1.97. The molecule has 1 fully saturated rings. The van der Waals surface area contributed by atoms with Crippen LogP contribution in [-0.4, -0.2) is 29.9 Å². The predicted molar refractivity (Wildman–Crippen MR) is 83.9 cm³/mol. The summed E-state index contributed by atoms with van der Waals surface area (Å²) in [5.74, 6) is 0.738. The minimum Gasteiger partial charge on any atom is -0.397 e. The fourth-order valence-electron chi connectivity index (χ4n) is 2.47. The number of halogens is 1. The summed E-state index contributed by atoms with van der Waals surface area (Å²) in [7, 11) is 0. The summed E-state index contributed by atoms with van der Waals surface area (Å²) in [4.78, 5) is 14.5. The molecule has 1 atom stereocenters. The summed E-state index contributed by atoms with van der Waals surface area (Å²) in [5, 5.41) is 3.45. The van der Waals surface area contributed by atoms with Gasteiger partial charge >= 0.3 is 0 Å². The lowest BCUT2D eigenvalue weighted by atomic mass is 9.98. The van der Waals surface area contributed by atoms with E-state index in [1.807, 2.05) is 6.92 Å². The maximum absolute atomic E-state index is 12.3.